The van der Waals surface area contributed by atoms with Crippen molar-refractivity contribution in [2.45, 2.75) is 32.1 Å². The molecular weight excluding hydrogens is 138 g/mol. The van der Waals surface area contributed by atoms with Gasteiger partial charge in [-0.05, 0) is 45.3 Å². The molecule has 0 aromatic carbocycles. The summed E-state index contributed by atoms with van der Waals surface area (Å²) in [5, 5.41) is 8.58. The Morgan fingerprint density at radius 1 is 1.00 bits per heavy atom. The number of aliphatic hydroxyl groups excluding tert-OH is 1. The normalized spacial score (nSPS) is 20.5. The molecule has 1 aliphatic rings. The Hall–Kier alpha value is -0.0800. The lowest BCUT2D eigenvalue weighted by atomic mass is 10.1. The molecule has 1 N–H and O–H groups in total. The Morgan fingerprint density at radius 3 is 2.36 bits per heavy atom. The first-order chi connectivity index (χ1) is 5.43. The van der Waals surface area contributed by atoms with Crippen LogP contribution in [0.5, 0.6) is 0 Å². The quantitative estimate of drug-likeness (QED) is 0.621. The van der Waals surface area contributed by atoms with Crippen molar-refractivity contribution < 1.29 is 5.11 Å². The van der Waals surface area contributed by atoms with E-state index < -0.39 is 0 Å². The van der Waals surface area contributed by atoms with Crippen LogP contribution in [0.3, 0.4) is 0 Å². The van der Waals surface area contributed by atoms with Gasteiger partial charge in [-0.1, -0.05) is 6.42 Å². The van der Waals surface area contributed by atoms with Crippen molar-refractivity contribution in [1.82, 2.24) is 4.90 Å². The molecule has 0 aliphatic carbocycles. The van der Waals surface area contributed by atoms with Crippen molar-refractivity contribution in [2.75, 3.05) is 26.2 Å². The van der Waals surface area contributed by atoms with E-state index in [-0.39, 0.29) is 0 Å². The smallest absolute Gasteiger partial charge is 0.0431 e. The first-order valence-corrected chi connectivity index (χ1v) is 4.76. The first kappa shape index (κ1) is 9.01. The highest BCUT2D eigenvalue weighted by atomic mass is 16.2. The Labute approximate surface area is 69.2 Å². The van der Waals surface area contributed by atoms with Gasteiger partial charge in [-0.2, -0.15) is 0 Å². The average molecular weight is 157 g/mol. The van der Waals surface area contributed by atoms with Gasteiger partial charge >= 0.3 is 0 Å². The number of hydrogen-bond donors (Lipinski definition) is 1. The maximum absolute atomic E-state index is 8.58. The molecule has 1 saturated heterocycles. The molecule has 2 nitrogen and oxygen atoms in total. The highest BCUT2D eigenvalue weighted by Gasteiger charge is 2.08. The second kappa shape index (κ2) is 5.56. The van der Waals surface area contributed by atoms with Crippen molar-refractivity contribution in [3.8, 4) is 0 Å². The fraction of sp³-hybridized carbons (Fsp3) is 1.00. The minimum absolute atomic E-state index is 0.355. The topological polar surface area (TPSA) is 23.5 Å². The first-order valence-electron chi connectivity index (χ1n) is 4.76. The molecule has 1 fully saturated rings. The van der Waals surface area contributed by atoms with E-state index in [9.17, 15) is 0 Å². The molecule has 1 heterocycles. The van der Waals surface area contributed by atoms with E-state index in [1.54, 1.807) is 0 Å². The van der Waals surface area contributed by atoms with Gasteiger partial charge in [0.2, 0.25) is 0 Å². The molecule has 0 aromatic heterocycles. The summed E-state index contributed by atoms with van der Waals surface area (Å²) in [6.45, 7) is 4.12. The predicted octanol–water partition coefficient (Wildman–Crippen LogP) is 1.24. The van der Waals surface area contributed by atoms with Crippen LogP contribution in [-0.4, -0.2) is 36.2 Å². The Bertz CT molecular complexity index is 89.6. The molecule has 0 unspecified atom stereocenters. The summed E-state index contributed by atoms with van der Waals surface area (Å²) < 4.78 is 0. The van der Waals surface area contributed by atoms with Crippen LogP contribution in [0.4, 0.5) is 0 Å². The molecule has 0 radical (unpaired) electrons. The summed E-state index contributed by atoms with van der Waals surface area (Å²) in [5.74, 6) is 0. The largest absolute Gasteiger partial charge is 0.396 e. The summed E-state index contributed by atoms with van der Waals surface area (Å²) in [7, 11) is 0. The average Bonchev–Trinajstić information content (AvgIpc) is 2.07. The van der Waals surface area contributed by atoms with Crippen molar-refractivity contribution in [3.05, 3.63) is 0 Å². The van der Waals surface area contributed by atoms with Gasteiger partial charge in [0.1, 0.15) is 0 Å². The van der Waals surface area contributed by atoms with Gasteiger partial charge in [0.05, 0.1) is 0 Å². The van der Waals surface area contributed by atoms with Gasteiger partial charge < -0.3 is 10.0 Å². The number of rotatable bonds is 4. The van der Waals surface area contributed by atoms with Crippen LogP contribution in [0.15, 0.2) is 0 Å². The number of unbranched alkanes of at least 4 members (excludes halogenated alkanes) is 1. The highest BCUT2D eigenvalue weighted by Crippen LogP contribution is 2.08. The van der Waals surface area contributed by atoms with Gasteiger partial charge in [0, 0.05) is 6.61 Å². The van der Waals surface area contributed by atoms with Crippen LogP contribution < -0.4 is 0 Å². The minimum Gasteiger partial charge on any atom is -0.396 e. The van der Waals surface area contributed by atoms with Crippen LogP contribution in [0, 0.1) is 0 Å². The molecule has 1 rings (SSSR count). The number of nitrogens with zero attached hydrogens (tertiary/aromatic N) is 1. The Balaban J connectivity index is 1.96. The highest BCUT2D eigenvalue weighted by molar-refractivity contribution is 4.63. The number of hydrogen-bond acceptors (Lipinski definition) is 2. The zero-order valence-electron chi connectivity index (χ0n) is 7.26. The summed E-state index contributed by atoms with van der Waals surface area (Å²) in [4.78, 5) is 2.51. The third-order valence-corrected chi connectivity index (χ3v) is 2.33. The number of aliphatic hydroxyl groups is 1. The molecular formula is C9H19NO. The maximum atomic E-state index is 8.58. The fourth-order valence-electron chi connectivity index (χ4n) is 1.63. The maximum Gasteiger partial charge on any atom is 0.0431 e. The standard InChI is InChI=1S/C9H19NO/c11-9-5-4-8-10-6-2-1-3-7-10/h11H,1-9H2. The Kier molecular flexibility index (Phi) is 4.55. The minimum atomic E-state index is 0.355. The van der Waals surface area contributed by atoms with Gasteiger partial charge in [-0.3, -0.25) is 0 Å². The summed E-state index contributed by atoms with van der Waals surface area (Å²) in [5.41, 5.74) is 0. The second-order valence-electron chi connectivity index (χ2n) is 3.33. The fourth-order valence-corrected chi connectivity index (χ4v) is 1.63. The van der Waals surface area contributed by atoms with Crippen molar-refractivity contribution in [3.63, 3.8) is 0 Å². The molecule has 2 heteroatoms. The van der Waals surface area contributed by atoms with Crippen molar-refractivity contribution >= 4 is 0 Å². The third-order valence-electron chi connectivity index (χ3n) is 2.33. The lowest BCUT2D eigenvalue weighted by Crippen LogP contribution is -2.30. The van der Waals surface area contributed by atoms with Crippen LogP contribution in [0.25, 0.3) is 0 Å². The van der Waals surface area contributed by atoms with Gasteiger partial charge in [-0.15, -0.1) is 0 Å². The van der Waals surface area contributed by atoms with Crippen LogP contribution in [0.1, 0.15) is 32.1 Å². The van der Waals surface area contributed by atoms with Gasteiger partial charge in [-0.25, -0.2) is 0 Å². The number of piperidine rings is 1. The molecule has 0 amide bonds. The zero-order chi connectivity index (χ0) is 7.94. The molecule has 0 saturated carbocycles. The SMILES string of the molecule is OCCCCN1CCCCC1. The van der Waals surface area contributed by atoms with E-state index in [0.717, 1.165) is 12.8 Å². The number of likely N-dealkylation sites (tertiary alicyclic amines) is 1. The lowest BCUT2D eigenvalue weighted by molar-refractivity contribution is 0.212. The van der Waals surface area contributed by atoms with Crippen molar-refractivity contribution in [2.24, 2.45) is 0 Å². The molecule has 0 aromatic rings. The summed E-state index contributed by atoms with van der Waals surface area (Å²) in [6, 6.07) is 0. The Morgan fingerprint density at radius 2 is 1.73 bits per heavy atom. The third kappa shape index (κ3) is 3.73. The molecule has 0 spiro atoms. The van der Waals surface area contributed by atoms with Gasteiger partial charge in [0.15, 0.2) is 0 Å². The molecule has 0 atom stereocenters. The van der Waals surface area contributed by atoms with E-state index in [2.05, 4.69) is 4.90 Å². The summed E-state index contributed by atoms with van der Waals surface area (Å²) >= 11 is 0. The predicted molar refractivity (Wildman–Crippen MR) is 46.6 cm³/mol. The van der Waals surface area contributed by atoms with Crippen LogP contribution in [0.2, 0.25) is 0 Å². The zero-order valence-corrected chi connectivity index (χ0v) is 7.26. The van der Waals surface area contributed by atoms with E-state index >= 15 is 0 Å². The van der Waals surface area contributed by atoms with E-state index in [1.165, 1.54) is 38.9 Å². The van der Waals surface area contributed by atoms with Gasteiger partial charge in [0.25, 0.3) is 0 Å². The van der Waals surface area contributed by atoms with E-state index in [1.807, 2.05) is 0 Å². The van der Waals surface area contributed by atoms with E-state index in [4.69, 9.17) is 5.11 Å². The van der Waals surface area contributed by atoms with Crippen molar-refractivity contribution in [1.29, 1.82) is 0 Å². The monoisotopic (exact) mass is 157 g/mol. The second-order valence-corrected chi connectivity index (χ2v) is 3.33. The van der Waals surface area contributed by atoms with Crippen LogP contribution >= 0.6 is 0 Å². The molecule has 66 valence electrons. The molecule has 1 aliphatic heterocycles. The van der Waals surface area contributed by atoms with Crippen LogP contribution in [-0.2, 0) is 0 Å². The summed E-state index contributed by atoms with van der Waals surface area (Å²) in [6.07, 6.45) is 6.29. The lowest BCUT2D eigenvalue weighted by Gasteiger charge is -2.26. The van der Waals surface area contributed by atoms with E-state index in [0.29, 0.717) is 6.61 Å². The molecule has 0 bridgehead atoms. The molecule has 11 heavy (non-hydrogen) atoms.